The SMILES string of the molecule is O=C(c1cnc(OC2CCOCC2)c(Cl)c1)N1CCC(Oc2ncccn2)CC1. The Morgan fingerprint density at radius 1 is 1.03 bits per heavy atom. The minimum absolute atomic E-state index is 0.00147. The first kappa shape index (κ1) is 19.8. The number of carbonyl (C=O) groups is 1. The topological polar surface area (TPSA) is 86.7 Å². The van der Waals surface area contributed by atoms with E-state index in [4.69, 9.17) is 25.8 Å². The fourth-order valence-corrected chi connectivity index (χ4v) is 3.65. The largest absolute Gasteiger partial charge is 0.473 e. The van der Waals surface area contributed by atoms with E-state index < -0.39 is 0 Å². The number of amides is 1. The Kier molecular flexibility index (Phi) is 6.41. The van der Waals surface area contributed by atoms with Crippen LogP contribution in [0.2, 0.25) is 5.02 Å². The maximum atomic E-state index is 12.8. The first-order chi connectivity index (χ1) is 14.2. The molecule has 2 saturated heterocycles. The molecule has 0 radical (unpaired) electrons. The Morgan fingerprint density at radius 2 is 1.72 bits per heavy atom. The Labute approximate surface area is 174 Å². The molecule has 8 nitrogen and oxygen atoms in total. The average molecular weight is 419 g/mol. The number of piperidine rings is 1. The molecule has 9 heteroatoms. The van der Waals surface area contributed by atoms with Crippen LogP contribution in [0.5, 0.6) is 11.9 Å². The van der Waals surface area contributed by atoms with Gasteiger partial charge >= 0.3 is 6.01 Å². The van der Waals surface area contributed by atoms with Gasteiger partial charge in [0.25, 0.3) is 5.91 Å². The van der Waals surface area contributed by atoms with Gasteiger partial charge < -0.3 is 19.1 Å². The highest BCUT2D eigenvalue weighted by Gasteiger charge is 2.26. The summed E-state index contributed by atoms with van der Waals surface area (Å²) in [6, 6.07) is 3.74. The van der Waals surface area contributed by atoms with E-state index in [1.165, 1.54) is 6.20 Å². The first-order valence-electron chi connectivity index (χ1n) is 9.82. The number of carbonyl (C=O) groups excluding carboxylic acids is 1. The lowest BCUT2D eigenvalue weighted by atomic mass is 10.1. The number of ether oxygens (including phenoxy) is 3. The zero-order valence-electron chi connectivity index (χ0n) is 16.0. The fourth-order valence-electron chi connectivity index (χ4n) is 3.44. The van der Waals surface area contributed by atoms with E-state index in [1.807, 2.05) is 0 Å². The number of hydrogen-bond donors (Lipinski definition) is 0. The molecule has 4 rings (SSSR count). The van der Waals surface area contributed by atoms with E-state index in [9.17, 15) is 4.79 Å². The van der Waals surface area contributed by atoms with Crippen LogP contribution in [0.3, 0.4) is 0 Å². The number of likely N-dealkylation sites (tertiary alicyclic amines) is 1. The standard InChI is InChI=1S/C20H23ClN4O4/c21-17-12-14(13-24-18(17)28-16-4-10-27-11-5-16)19(26)25-8-2-15(3-9-25)29-20-22-6-1-7-23-20/h1,6-7,12-13,15-16H,2-5,8-11H2. The molecular formula is C20H23ClN4O4. The minimum Gasteiger partial charge on any atom is -0.473 e. The van der Waals surface area contributed by atoms with Crippen LogP contribution in [0.4, 0.5) is 0 Å². The zero-order valence-corrected chi connectivity index (χ0v) is 16.8. The molecule has 29 heavy (non-hydrogen) atoms. The van der Waals surface area contributed by atoms with Gasteiger partial charge in [0, 0.05) is 57.4 Å². The molecule has 2 aliphatic rings. The normalized spacial score (nSPS) is 18.4. The molecule has 2 aliphatic heterocycles. The molecule has 0 N–H and O–H groups in total. The number of rotatable bonds is 5. The van der Waals surface area contributed by atoms with Gasteiger partial charge in [0.1, 0.15) is 17.2 Å². The third-order valence-corrected chi connectivity index (χ3v) is 5.32. The molecule has 0 atom stereocenters. The van der Waals surface area contributed by atoms with Crippen LogP contribution in [0.15, 0.2) is 30.7 Å². The zero-order chi connectivity index (χ0) is 20.1. The van der Waals surface area contributed by atoms with Gasteiger partial charge in [-0.05, 0) is 12.1 Å². The highest BCUT2D eigenvalue weighted by molar-refractivity contribution is 6.32. The molecule has 0 aliphatic carbocycles. The molecule has 0 bridgehead atoms. The van der Waals surface area contributed by atoms with Crippen LogP contribution in [0.1, 0.15) is 36.0 Å². The number of hydrogen-bond acceptors (Lipinski definition) is 7. The van der Waals surface area contributed by atoms with Crippen LogP contribution in [0.25, 0.3) is 0 Å². The lowest BCUT2D eigenvalue weighted by molar-refractivity contribution is 0.0238. The predicted octanol–water partition coefficient (Wildman–Crippen LogP) is 2.77. The van der Waals surface area contributed by atoms with Crippen molar-refractivity contribution in [1.82, 2.24) is 19.9 Å². The molecule has 1 amide bonds. The maximum absolute atomic E-state index is 12.8. The van der Waals surface area contributed by atoms with E-state index in [1.54, 1.807) is 29.4 Å². The summed E-state index contributed by atoms with van der Waals surface area (Å²) >= 11 is 6.32. The molecule has 2 aromatic heterocycles. The lowest BCUT2D eigenvalue weighted by Gasteiger charge is -2.31. The van der Waals surface area contributed by atoms with Gasteiger partial charge in [0.2, 0.25) is 5.88 Å². The molecule has 2 aromatic rings. The van der Waals surface area contributed by atoms with Crippen molar-refractivity contribution >= 4 is 17.5 Å². The fraction of sp³-hybridized carbons (Fsp3) is 0.500. The van der Waals surface area contributed by atoms with E-state index in [0.717, 1.165) is 25.7 Å². The second-order valence-electron chi connectivity index (χ2n) is 7.08. The Hall–Kier alpha value is -2.45. The minimum atomic E-state index is -0.0913. The van der Waals surface area contributed by atoms with Gasteiger partial charge in [-0.25, -0.2) is 15.0 Å². The van der Waals surface area contributed by atoms with Crippen molar-refractivity contribution in [3.05, 3.63) is 41.3 Å². The van der Waals surface area contributed by atoms with Gasteiger partial charge in [0.05, 0.1) is 18.8 Å². The van der Waals surface area contributed by atoms with Gasteiger partial charge in [-0.2, -0.15) is 0 Å². The molecule has 154 valence electrons. The smallest absolute Gasteiger partial charge is 0.316 e. The van der Waals surface area contributed by atoms with Crippen molar-refractivity contribution in [2.45, 2.75) is 37.9 Å². The van der Waals surface area contributed by atoms with Gasteiger partial charge in [-0.1, -0.05) is 11.6 Å². The van der Waals surface area contributed by atoms with Crippen molar-refractivity contribution in [3.8, 4) is 11.9 Å². The molecular weight excluding hydrogens is 396 g/mol. The Bertz CT molecular complexity index is 824. The molecule has 0 saturated carbocycles. The number of pyridine rings is 1. The van der Waals surface area contributed by atoms with Crippen LogP contribution in [-0.2, 0) is 4.74 Å². The van der Waals surface area contributed by atoms with Gasteiger partial charge in [-0.15, -0.1) is 0 Å². The number of halogens is 1. The summed E-state index contributed by atoms with van der Waals surface area (Å²) in [5, 5.41) is 0.349. The summed E-state index contributed by atoms with van der Waals surface area (Å²) in [7, 11) is 0. The highest BCUT2D eigenvalue weighted by Crippen LogP contribution is 2.26. The summed E-state index contributed by atoms with van der Waals surface area (Å²) in [5.74, 6) is 0.275. The van der Waals surface area contributed by atoms with Crippen molar-refractivity contribution < 1.29 is 19.0 Å². The molecule has 4 heterocycles. The first-order valence-corrected chi connectivity index (χ1v) is 10.2. The van der Waals surface area contributed by atoms with Crippen LogP contribution < -0.4 is 9.47 Å². The summed E-state index contributed by atoms with van der Waals surface area (Å²) in [6.07, 6.45) is 7.92. The third kappa shape index (κ3) is 5.13. The third-order valence-electron chi connectivity index (χ3n) is 5.04. The molecule has 0 unspecified atom stereocenters. The Balaban J connectivity index is 1.32. The van der Waals surface area contributed by atoms with Crippen molar-refractivity contribution in [2.24, 2.45) is 0 Å². The van der Waals surface area contributed by atoms with Crippen molar-refractivity contribution in [2.75, 3.05) is 26.3 Å². The van der Waals surface area contributed by atoms with Crippen LogP contribution in [-0.4, -0.2) is 64.3 Å². The van der Waals surface area contributed by atoms with Crippen LogP contribution in [0, 0.1) is 0 Å². The maximum Gasteiger partial charge on any atom is 0.316 e. The average Bonchev–Trinajstić information content (AvgIpc) is 2.77. The molecule has 0 aromatic carbocycles. The van der Waals surface area contributed by atoms with E-state index in [-0.39, 0.29) is 18.1 Å². The number of nitrogens with zero attached hydrogens (tertiary/aromatic N) is 4. The van der Waals surface area contributed by atoms with E-state index >= 15 is 0 Å². The monoisotopic (exact) mass is 418 g/mol. The van der Waals surface area contributed by atoms with Gasteiger partial charge in [-0.3, -0.25) is 4.79 Å². The summed E-state index contributed by atoms with van der Waals surface area (Å²) < 4.78 is 17.0. The highest BCUT2D eigenvalue weighted by atomic mass is 35.5. The quantitative estimate of drug-likeness (QED) is 0.737. The number of aromatic nitrogens is 3. The Morgan fingerprint density at radius 3 is 2.41 bits per heavy atom. The summed E-state index contributed by atoms with van der Waals surface area (Å²) in [4.78, 5) is 27.0. The van der Waals surface area contributed by atoms with Gasteiger partial charge in [0.15, 0.2) is 0 Å². The van der Waals surface area contributed by atoms with E-state index in [2.05, 4.69) is 15.0 Å². The van der Waals surface area contributed by atoms with Crippen molar-refractivity contribution in [1.29, 1.82) is 0 Å². The second kappa shape index (κ2) is 9.37. The van der Waals surface area contributed by atoms with Crippen molar-refractivity contribution in [3.63, 3.8) is 0 Å². The predicted molar refractivity (Wildman–Crippen MR) is 105 cm³/mol. The summed E-state index contributed by atoms with van der Waals surface area (Å²) in [6.45, 7) is 2.53. The van der Waals surface area contributed by atoms with Crippen LogP contribution >= 0.6 is 11.6 Å². The molecule has 0 spiro atoms. The second-order valence-corrected chi connectivity index (χ2v) is 7.49. The van der Waals surface area contributed by atoms with E-state index in [0.29, 0.717) is 48.8 Å². The summed E-state index contributed by atoms with van der Waals surface area (Å²) in [5.41, 5.74) is 0.458. The lowest BCUT2D eigenvalue weighted by Crippen LogP contribution is -2.42. The molecule has 2 fully saturated rings.